The fourth-order valence-electron chi connectivity index (χ4n) is 4.05. The maximum atomic E-state index is 14.3. The normalized spacial score (nSPS) is 25.6. The first-order valence-electron chi connectivity index (χ1n) is 7.60. The lowest BCUT2D eigenvalue weighted by atomic mass is 9.70. The molecule has 2 saturated carbocycles. The third kappa shape index (κ3) is 3.91. The molecule has 1 N–H and O–H groups in total. The van der Waals surface area contributed by atoms with Gasteiger partial charge in [0.25, 0.3) is 10.1 Å². The average Bonchev–Trinajstić information content (AvgIpc) is 2.40. The molecule has 0 heterocycles. The second kappa shape index (κ2) is 6.53. The van der Waals surface area contributed by atoms with Crippen molar-refractivity contribution in [1.82, 2.24) is 0 Å². The zero-order chi connectivity index (χ0) is 13.9. The Morgan fingerprint density at radius 1 is 0.842 bits per heavy atom. The monoisotopic (exact) mass is 292 g/mol. The first-order chi connectivity index (χ1) is 9.00. The molecule has 2 aliphatic carbocycles. The van der Waals surface area contributed by atoms with Crippen LogP contribution in [0, 0.1) is 17.8 Å². The summed E-state index contributed by atoms with van der Waals surface area (Å²) in [6.07, 6.45) is 10.2. The minimum Gasteiger partial charge on any atom is -0.283 e. The van der Waals surface area contributed by atoms with Gasteiger partial charge in [-0.15, -0.1) is 0 Å². The SMILES string of the molecule is O=S(=O)(O)C(F)C(C1CCCCC1)C1CCCCC1. The second-order valence-corrected chi connectivity index (χ2v) is 7.72. The summed E-state index contributed by atoms with van der Waals surface area (Å²) in [5.41, 5.74) is -2.08. The fourth-order valence-corrected chi connectivity index (χ4v) is 4.89. The van der Waals surface area contributed by atoms with E-state index in [1.807, 2.05) is 0 Å². The summed E-state index contributed by atoms with van der Waals surface area (Å²) >= 11 is 0. The van der Waals surface area contributed by atoms with Crippen LogP contribution < -0.4 is 0 Å². The van der Waals surface area contributed by atoms with Crippen molar-refractivity contribution in [3.63, 3.8) is 0 Å². The Hall–Kier alpha value is -0.160. The summed E-state index contributed by atoms with van der Waals surface area (Å²) in [7, 11) is -4.57. The Labute approximate surface area is 115 Å². The van der Waals surface area contributed by atoms with E-state index in [0.717, 1.165) is 64.2 Å². The van der Waals surface area contributed by atoms with E-state index in [1.165, 1.54) is 0 Å². The third-order valence-corrected chi connectivity index (χ3v) is 5.86. The van der Waals surface area contributed by atoms with Crippen LogP contribution in [-0.4, -0.2) is 18.5 Å². The minimum absolute atomic E-state index is 0.133. The molecule has 0 aromatic heterocycles. The summed E-state index contributed by atoms with van der Waals surface area (Å²) in [6, 6.07) is 0. The van der Waals surface area contributed by atoms with Gasteiger partial charge in [0, 0.05) is 5.92 Å². The molecule has 0 radical (unpaired) electrons. The Morgan fingerprint density at radius 2 is 1.21 bits per heavy atom. The molecule has 0 saturated heterocycles. The van der Waals surface area contributed by atoms with Crippen LogP contribution in [0.25, 0.3) is 0 Å². The highest BCUT2D eigenvalue weighted by Crippen LogP contribution is 2.43. The Morgan fingerprint density at radius 3 is 1.53 bits per heavy atom. The molecule has 19 heavy (non-hydrogen) atoms. The number of hydrogen-bond donors (Lipinski definition) is 1. The number of rotatable bonds is 4. The van der Waals surface area contributed by atoms with Crippen molar-refractivity contribution in [2.45, 2.75) is 69.7 Å². The van der Waals surface area contributed by atoms with Crippen LogP contribution in [-0.2, 0) is 10.1 Å². The van der Waals surface area contributed by atoms with Gasteiger partial charge in [-0.2, -0.15) is 8.42 Å². The van der Waals surface area contributed by atoms with Crippen molar-refractivity contribution in [3.8, 4) is 0 Å². The first-order valence-corrected chi connectivity index (χ1v) is 9.11. The van der Waals surface area contributed by atoms with Gasteiger partial charge in [-0.25, -0.2) is 4.39 Å². The van der Waals surface area contributed by atoms with E-state index in [2.05, 4.69) is 0 Å². The van der Waals surface area contributed by atoms with Gasteiger partial charge in [0.1, 0.15) is 0 Å². The molecule has 3 nitrogen and oxygen atoms in total. The lowest BCUT2D eigenvalue weighted by Crippen LogP contribution is -2.38. The van der Waals surface area contributed by atoms with E-state index in [1.54, 1.807) is 0 Å². The van der Waals surface area contributed by atoms with Gasteiger partial charge in [0.2, 0.25) is 5.50 Å². The van der Waals surface area contributed by atoms with E-state index >= 15 is 0 Å². The molecule has 2 aliphatic rings. The highest BCUT2D eigenvalue weighted by Gasteiger charge is 2.42. The first kappa shape index (κ1) is 15.2. The molecule has 0 amide bonds. The highest BCUT2D eigenvalue weighted by atomic mass is 32.2. The zero-order valence-corrected chi connectivity index (χ0v) is 12.2. The number of halogens is 1. The maximum Gasteiger partial charge on any atom is 0.297 e. The van der Waals surface area contributed by atoms with Gasteiger partial charge < -0.3 is 0 Å². The molecule has 0 spiro atoms. The summed E-state index contributed by atoms with van der Waals surface area (Å²) in [6.45, 7) is 0. The van der Waals surface area contributed by atoms with Gasteiger partial charge in [0.15, 0.2) is 0 Å². The van der Waals surface area contributed by atoms with Crippen LogP contribution in [0.3, 0.4) is 0 Å². The summed E-state index contributed by atoms with van der Waals surface area (Å²) in [5.74, 6) is -0.224. The summed E-state index contributed by atoms with van der Waals surface area (Å²) in [5, 5.41) is 0. The molecule has 1 unspecified atom stereocenters. The quantitative estimate of drug-likeness (QED) is 0.798. The zero-order valence-electron chi connectivity index (χ0n) is 11.4. The fraction of sp³-hybridized carbons (Fsp3) is 1.00. The van der Waals surface area contributed by atoms with Crippen molar-refractivity contribution in [3.05, 3.63) is 0 Å². The lowest BCUT2D eigenvalue weighted by Gasteiger charge is -2.38. The van der Waals surface area contributed by atoms with Crippen molar-refractivity contribution in [1.29, 1.82) is 0 Å². The number of alkyl halides is 1. The van der Waals surface area contributed by atoms with Crippen molar-refractivity contribution >= 4 is 10.1 Å². The van der Waals surface area contributed by atoms with E-state index in [4.69, 9.17) is 4.55 Å². The summed E-state index contributed by atoms with van der Waals surface area (Å²) in [4.78, 5) is 0. The lowest BCUT2D eigenvalue weighted by molar-refractivity contribution is 0.0928. The molecular formula is C14H25FO3S. The van der Waals surface area contributed by atoms with Gasteiger partial charge in [0.05, 0.1) is 0 Å². The molecule has 2 rings (SSSR count). The Bertz CT molecular complexity index is 352. The van der Waals surface area contributed by atoms with Gasteiger partial charge in [-0.3, -0.25) is 4.55 Å². The van der Waals surface area contributed by atoms with Crippen molar-refractivity contribution in [2.24, 2.45) is 17.8 Å². The second-order valence-electron chi connectivity index (χ2n) is 6.24. The molecule has 0 aromatic rings. The van der Waals surface area contributed by atoms with Gasteiger partial charge in [-0.1, -0.05) is 64.2 Å². The van der Waals surface area contributed by atoms with Gasteiger partial charge in [-0.05, 0) is 11.8 Å². The van der Waals surface area contributed by atoms with Crippen LogP contribution in [0.15, 0.2) is 0 Å². The molecule has 112 valence electrons. The Kier molecular flexibility index (Phi) is 5.23. The number of hydrogen-bond acceptors (Lipinski definition) is 2. The highest BCUT2D eigenvalue weighted by molar-refractivity contribution is 7.86. The average molecular weight is 292 g/mol. The minimum atomic E-state index is -4.57. The Balaban J connectivity index is 2.15. The molecule has 2 fully saturated rings. The van der Waals surface area contributed by atoms with Gasteiger partial charge >= 0.3 is 0 Å². The molecule has 0 aromatic carbocycles. The topological polar surface area (TPSA) is 54.4 Å². The molecule has 5 heteroatoms. The van der Waals surface area contributed by atoms with E-state index in [0.29, 0.717) is 0 Å². The van der Waals surface area contributed by atoms with Crippen molar-refractivity contribution < 1.29 is 17.4 Å². The third-order valence-electron chi connectivity index (χ3n) is 4.98. The van der Waals surface area contributed by atoms with E-state index in [9.17, 15) is 12.8 Å². The molecule has 0 aliphatic heterocycles. The van der Waals surface area contributed by atoms with E-state index < -0.39 is 21.5 Å². The van der Waals surface area contributed by atoms with E-state index in [-0.39, 0.29) is 11.8 Å². The van der Waals surface area contributed by atoms with Crippen LogP contribution >= 0.6 is 0 Å². The van der Waals surface area contributed by atoms with Crippen molar-refractivity contribution in [2.75, 3.05) is 0 Å². The largest absolute Gasteiger partial charge is 0.297 e. The standard InChI is InChI=1S/C14H25FO3S/c15-14(19(16,17)18)13(11-7-3-1-4-8-11)12-9-5-2-6-10-12/h11-14H,1-10H2,(H,16,17,18). The predicted molar refractivity (Wildman–Crippen MR) is 73.1 cm³/mol. The van der Waals surface area contributed by atoms with Crippen LogP contribution in [0.5, 0.6) is 0 Å². The molecular weight excluding hydrogens is 267 g/mol. The maximum absolute atomic E-state index is 14.3. The summed E-state index contributed by atoms with van der Waals surface area (Å²) < 4.78 is 45.9. The van der Waals surface area contributed by atoms with Crippen LogP contribution in [0.2, 0.25) is 0 Å². The van der Waals surface area contributed by atoms with Crippen LogP contribution in [0.4, 0.5) is 4.39 Å². The molecule has 0 bridgehead atoms. The van der Waals surface area contributed by atoms with Crippen LogP contribution in [0.1, 0.15) is 64.2 Å². The smallest absolute Gasteiger partial charge is 0.283 e. The molecule has 1 atom stereocenters. The predicted octanol–water partition coefficient (Wildman–Crippen LogP) is 3.95.